The van der Waals surface area contributed by atoms with Gasteiger partial charge in [-0.2, -0.15) is 5.26 Å². The lowest BCUT2D eigenvalue weighted by Crippen LogP contribution is -2.22. The summed E-state index contributed by atoms with van der Waals surface area (Å²) in [5.41, 5.74) is 2.00. The molecule has 0 bridgehead atoms. The molecule has 0 N–H and O–H groups in total. The van der Waals surface area contributed by atoms with Crippen molar-refractivity contribution < 1.29 is 0 Å². The highest BCUT2D eigenvalue weighted by Crippen LogP contribution is 2.07. The van der Waals surface area contributed by atoms with Crippen molar-refractivity contribution in [3.63, 3.8) is 0 Å². The molecule has 3 nitrogen and oxygen atoms in total. The molecule has 2 rings (SSSR count). The van der Waals surface area contributed by atoms with E-state index in [2.05, 4.69) is 0 Å². The molecule has 0 amide bonds. The van der Waals surface area contributed by atoms with Crippen LogP contribution in [0.25, 0.3) is 0 Å². The first kappa shape index (κ1) is 11.2. The molecule has 0 atom stereocenters. The van der Waals surface area contributed by atoms with Gasteiger partial charge in [0.05, 0.1) is 0 Å². The second kappa shape index (κ2) is 4.67. The molecule has 3 heteroatoms. The maximum Gasteiger partial charge on any atom is 0.268 e. The fraction of sp³-hybridized carbons (Fsp3) is 0.143. The molecule has 0 aliphatic carbocycles. The summed E-state index contributed by atoms with van der Waals surface area (Å²) in [5.74, 6) is 0. The highest BCUT2D eigenvalue weighted by Gasteiger charge is 2.05. The van der Waals surface area contributed by atoms with E-state index >= 15 is 0 Å². The Morgan fingerprint density at radius 1 is 1.18 bits per heavy atom. The molecule has 0 spiro atoms. The first-order valence-electron chi connectivity index (χ1n) is 5.35. The van der Waals surface area contributed by atoms with Crippen LogP contribution in [0.15, 0.2) is 47.3 Å². The van der Waals surface area contributed by atoms with Gasteiger partial charge in [0.1, 0.15) is 11.6 Å². The SMILES string of the molecule is Cn1c(Cc2ccccc2)ccc(C#N)c1=O. The molecule has 0 radical (unpaired) electrons. The number of hydrogen-bond acceptors (Lipinski definition) is 2. The third-order valence-electron chi connectivity index (χ3n) is 2.76. The number of benzene rings is 1. The smallest absolute Gasteiger partial charge is 0.268 e. The van der Waals surface area contributed by atoms with Gasteiger partial charge in [0, 0.05) is 19.2 Å². The summed E-state index contributed by atoms with van der Waals surface area (Å²) in [6.07, 6.45) is 0.693. The minimum Gasteiger partial charge on any atom is -0.314 e. The van der Waals surface area contributed by atoms with Gasteiger partial charge in [0.2, 0.25) is 0 Å². The van der Waals surface area contributed by atoms with Crippen molar-refractivity contribution in [1.82, 2.24) is 4.57 Å². The molecule has 84 valence electrons. The first-order valence-corrected chi connectivity index (χ1v) is 5.35. The second-order valence-electron chi connectivity index (χ2n) is 3.88. The van der Waals surface area contributed by atoms with Crippen molar-refractivity contribution >= 4 is 0 Å². The predicted molar refractivity (Wildman–Crippen MR) is 65.6 cm³/mol. The van der Waals surface area contributed by atoms with E-state index < -0.39 is 0 Å². The fourth-order valence-electron chi connectivity index (χ4n) is 1.74. The lowest BCUT2D eigenvalue weighted by molar-refractivity contribution is 0.789. The van der Waals surface area contributed by atoms with Crippen LogP contribution in [0.2, 0.25) is 0 Å². The standard InChI is InChI=1S/C14H12N2O/c1-16-13(8-7-12(10-15)14(16)17)9-11-5-3-2-4-6-11/h2-8H,9H2,1H3. The molecule has 1 aromatic heterocycles. The molecule has 2 aromatic rings. The first-order chi connectivity index (χ1) is 8.22. The van der Waals surface area contributed by atoms with Gasteiger partial charge in [0.15, 0.2) is 0 Å². The monoisotopic (exact) mass is 224 g/mol. The maximum absolute atomic E-state index is 11.8. The van der Waals surface area contributed by atoms with Crippen molar-refractivity contribution in [2.24, 2.45) is 7.05 Å². The Labute approximate surface area is 99.6 Å². The lowest BCUT2D eigenvalue weighted by atomic mass is 10.1. The minimum atomic E-state index is -0.235. The Bertz CT molecular complexity index is 621. The van der Waals surface area contributed by atoms with Crippen LogP contribution in [0, 0.1) is 11.3 Å². The third kappa shape index (κ3) is 2.26. The van der Waals surface area contributed by atoms with E-state index in [4.69, 9.17) is 5.26 Å². The van der Waals surface area contributed by atoms with E-state index in [1.807, 2.05) is 42.5 Å². The second-order valence-corrected chi connectivity index (χ2v) is 3.88. The maximum atomic E-state index is 11.8. The molecule has 0 fully saturated rings. The van der Waals surface area contributed by atoms with Gasteiger partial charge >= 0.3 is 0 Å². The van der Waals surface area contributed by atoms with Crippen LogP contribution in [0.5, 0.6) is 0 Å². The Balaban J connectivity index is 2.39. The van der Waals surface area contributed by atoms with Gasteiger partial charge in [-0.1, -0.05) is 30.3 Å². The topological polar surface area (TPSA) is 45.8 Å². The molecular formula is C14H12N2O. The predicted octanol–water partition coefficient (Wildman–Crippen LogP) is 1.85. The highest BCUT2D eigenvalue weighted by molar-refractivity contribution is 5.30. The average molecular weight is 224 g/mol. The normalized spacial score (nSPS) is 9.88. The molecule has 0 saturated carbocycles. The van der Waals surface area contributed by atoms with Gasteiger partial charge in [-0.25, -0.2) is 0 Å². The van der Waals surface area contributed by atoms with E-state index in [0.29, 0.717) is 6.42 Å². The minimum absolute atomic E-state index is 0.185. The van der Waals surface area contributed by atoms with E-state index in [-0.39, 0.29) is 11.1 Å². The summed E-state index contributed by atoms with van der Waals surface area (Å²) in [5, 5.41) is 8.76. The van der Waals surface area contributed by atoms with Gasteiger partial charge in [-0.3, -0.25) is 4.79 Å². The number of nitriles is 1. The largest absolute Gasteiger partial charge is 0.314 e. The summed E-state index contributed by atoms with van der Waals surface area (Å²) in [6, 6.07) is 15.2. The average Bonchev–Trinajstić information content (AvgIpc) is 2.37. The van der Waals surface area contributed by atoms with Crippen LogP contribution >= 0.6 is 0 Å². The highest BCUT2D eigenvalue weighted by atomic mass is 16.1. The number of rotatable bonds is 2. The summed E-state index contributed by atoms with van der Waals surface area (Å²) < 4.78 is 1.53. The molecule has 0 aliphatic rings. The van der Waals surface area contributed by atoms with Crippen molar-refractivity contribution in [3.8, 4) is 6.07 Å². The van der Waals surface area contributed by atoms with Crippen LogP contribution in [0.4, 0.5) is 0 Å². The summed E-state index contributed by atoms with van der Waals surface area (Å²) in [7, 11) is 1.70. The van der Waals surface area contributed by atoms with Gasteiger partial charge in [-0.15, -0.1) is 0 Å². The lowest BCUT2D eigenvalue weighted by Gasteiger charge is -2.08. The van der Waals surface area contributed by atoms with Crippen LogP contribution < -0.4 is 5.56 Å². The molecular weight excluding hydrogens is 212 g/mol. The molecule has 17 heavy (non-hydrogen) atoms. The number of hydrogen-bond donors (Lipinski definition) is 0. The van der Waals surface area contributed by atoms with Crippen molar-refractivity contribution in [2.75, 3.05) is 0 Å². The quantitative estimate of drug-likeness (QED) is 0.781. The van der Waals surface area contributed by atoms with Crippen molar-refractivity contribution in [3.05, 3.63) is 69.6 Å². The fourth-order valence-corrected chi connectivity index (χ4v) is 1.74. The van der Waals surface area contributed by atoms with Crippen molar-refractivity contribution in [2.45, 2.75) is 6.42 Å². The number of aromatic nitrogens is 1. The van der Waals surface area contributed by atoms with Gasteiger partial charge in [-0.05, 0) is 17.7 Å². The summed E-state index contributed by atoms with van der Waals surface area (Å²) >= 11 is 0. The van der Waals surface area contributed by atoms with E-state index in [1.54, 1.807) is 13.1 Å². The van der Waals surface area contributed by atoms with Crippen LogP contribution in [0.1, 0.15) is 16.8 Å². The zero-order valence-corrected chi connectivity index (χ0v) is 9.55. The summed E-state index contributed by atoms with van der Waals surface area (Å²) in [4.78, 5) is 11.8. The van der Waals surface area contributed by atoms with Crippen LogP contribution in [0.3, 0.4) is 0 Å². The molecule has 1 heterocycles. The van der Waals surface area contributed by atoms with Crippen LogP contribution in [-0.4, -0.2) is 4.57 Å². The van der Waals surface area contributed by atoms with Crippen LogP contribution in [-0.2, 0) is 13.5 Å². The van der Waals surface area contributed by atoms with Gasteiger partial charge < -0.3 is 4.57 Å². The van der Waals surface area contributed by atoms with E-state index in [0.717, 1.165) is 11.3 Å². The van der Waals surface area contributed by atoms with Crippen molar-refractivity contribution in [1.29, 1.82) is 5.26 Å². The number of nitrogens with zero attached hydrogens (tertiary/aromatic N) is 2. The van der Waals surface area contributed by atoms with E-state index in [9.17, 15) is 4.79 Å². The van der Waals surface area contributed by atoms with Gasteiger partial charge in [0.25, 0.3) is 5.56 Å². The number of pyridine rings is 1. The van der Waals surface area contributed by atoms with E-state index in [1.165, 1.54) is 4.57 Å². The Morgan fingerprint density at radius 2 is 1.88 bits per heavy atom. The molecule has 0 aliphatic heterocycles. The zero-order valence-electron chi connectivity index (χ0n) is 9.55. The molecule has 0 unspecified atom stereocenters. The molecule has 0 saturated heterocycles. The molecule has 1 aromatic carbocycles. The summed E-state index contributed by atoms with van der Waals surface area (Å²) in [6.45, 7) is 0. The zero-order chi connectivity index (χ0) is 12.3. The Hall–Kier alpha value is -2.34. The third-order valence-corrected chi connectivity index (χ3v) is 2.76. The Morgan fingerprint density at radius 3 is 2.53 bits per heavy atom. The Kier molecular flexibility index (Phi) is 3.06.